The number of hydrogen-bond acceptors (Lipinski definition) is 2. The summed E-state index contributed by atoms with van der Waals surface area (Å²) in [5, 5.41) is 21.3. The molecule has 0 aromatic rings. The molecule has 0 aliphatic heterocycles. The summed E-state index contributed by atoms with van der Waals surface area (Å²) in [4.78, 5) is 0. The van der Waals surface area contributed by atoms with Crippen LogP contribution >= 0.6 is 0 Å². The Kier molecular flexibility index (Phi) is 13.3. The molecule has 200 valence electrons. The Bertz CT molecular complexity index is 678. The molecular weight excluding hydrogens is 428 g/mol. The molecule has 0 heterocycles. The second-order valence-corrected chi connectivity index (χ2v) is 12.2. The lowest BCUT2D eigenvalue weighted by atomic mass is 9.71. The quantitative estimate of drug-likeness (QED) is 0.190. The van der Waals surface area contributed by atoms with E-state index in [0.29, 0.717) is 17.9 Å². The second kappa shape index (κ2) is 15.6. The highest BCUT2D eigenvalue weighted by Crippen LogP contribution is 2.44. The molecule has 2 nitrogen and oxygen atoms in total. The van der Waals surface area contributed by atoms with Gasteiger partial charge < -0.3 is 10.2 Å². The van der Waals surface area contributed by atoms with Gasteiger partial charge in [-0.3, -0.25) is 0 Å². The van der Waals surface area contributed by atoms with Gasteiger partial charge in [0.25, 0.3) is 0 Å². The fourth-order valence-electron chi connectivity index (χ4n) is 5.95. The molecule has 2 heteroatoms. The zero-order valence-electron chi connectivity index (χ0n) is 23.6. The summed E-state index contributed by atoms with van der Waals surface area (Å²) < 4.78 is 0. The van der Waals surface area contributed by atoms with Crippen LogP contribution in [0.4, 0.5) is 0 Å². The summed E-state index contributed by atoms with van der Waals surface area (Å²) in [5.74, 6) is 0.844. The van der Waals surface area contributed by atoms with Crippen LogP contribution < -0.4 is 0 Å². The molecule has 0 aromatic heterocycles. The SMILES string of the molecule is CCCCCCCCCC1(C)C=CC(O)=C(CC2=C(O)C=CC(C)(CCCCCCCCC)C2)C1. The van der Waals surface area contributed by atoms with Crippen molar-refractivity contribution in [2.45, 2.75) is 150 Å². The van der Waals surface area contributed by atoms with Crippen LogP contribution in [0, 0.1) is 10.8 Å². The Labute approximate surface area is 217 Å². The van der Waals surface area contributed by atoms with Crippen molar-refractivity contribution >= 4 is 0 Å². The molecule has 0 bridgehead atoms. The lowest BCUT2D eigenvalue weighted by Crippen LogP contribution is -2.21. The van der Waals surface area contributed by atoms with Crippen molar-refractivity contribution in [3.63, 3.8) is 0 Å². The van der Waals surface area contributed by atoms with Crippen LogP contribution in [0.25, 0.3) is 0 Å². The van der Waals surface area contributed by atoms with E-state index in [2.05, 4.69) is 39.8 Å². The molecule has 2 N–H and O–H groups in total. The Balaban J connectivity index is 1.83. The third-order valence-corrected chi connectivity index (χ3v) is 8.38. The first-order chi connectivity index (χ1) is 16.8. The van der Waals surface area contributed by atoms with Gasteiger partial charge in [-0.05, 0) is 66.2 Å². The third-order valence-electron chi connectivity index (χ3n) is 8.38. The number of unbranched alkanes of at least 4 members (excludes halogenated alkanes) is 12. The van der Waals surface area contributed by atoms with Crippen molar-refractivity contribution in [3.8, 4) is 0 Å². The van der Waals surface area contributed by atoms with Crippen molar-refractivity contribution in [2.24, 2.45) is 10.8 Å². The summed E-state index contributed by atoms with van der Waals surface area (Å²) in [6.45, 7) is 9.22. The molecule has 2 rings (SSSR count). The van der Waals surface area contributed by atoms with Crippen LogP contribution in [0.15, 0.2) is 47.0 Å². The molecule has 0 saturated carbocycles. The maximum Gasteiger partial charge on any atom is 0.114 e. The van der Waals surface area contributed by atoms with Gasteiger partial charge in [-0.25, -0.2) is 0 Å². The zero-order valence-corrected chi connectivity index (χ0v) is 23.6. The topological polar surface area (TPSA) is 40.5 Å². The van der Waals surface area contributed by atoms with Crippen molar-refractivity contribution < 1.29 is 10.2 Å². The minimum absolute atomic E-state index is 0.118. The Morgan fingerprint density at radius 3 is 1.29 bits per heavy atom. The molecule has 0 amide bonds. The van der Waals surface area contributed by atoms with Crippen LogP contribution in [0.2, 0.25) is 0 Å². The van der Waals surface area contributed by atoms with Crippen LogP contribution in [0.1, 0.15) is 150 Å². The van der Waals surface area contributed by atoms with Gasteiger partial charge in [-0.2, -0.15) is 0 Å². The van der Waals surface area contributed by atoms with Gasteiger partial charge in [-0.1, -0.05) is 130 Å². The summed E-state index contributed by atoms with van der Waals surface area (Å²) in [7, 11) is 0. The van der Waals surface area contributed by atoms with Crippen LogP contribution in [-0.2, 0) is 0 Å². The molecule has 0 aromatic carbocycles. The van der Waals surface area contributed by atoms with Crippen molar-refractivity contribution in [1.82, 2.24) is 0 Å². The predicted molar refractivity (Wildman–Crippen MR) is 153 cm³/mol. The molecule has 0 radical (unpaired) electrons. The summed E-state index contributed by atoms with van der Waals surface area (Å²) in [6, 6.07) is 0. The molecule has 0 spiro atoms. The molecule has 35 heavy (non-hydrogen) atoms. The molecule has 0 fully saturated rings. The molecular formula is C33H56O2. The average Bonchev–Trinajstić information content (AvgIpc) is 2.83. The van der Waals surface area contributed by atoms with E-state index >= 15 is 0 Å². The number of allylic oxidation sites excluding steroid dienone is 6. The number of hydrogen-bond donors (Lipinski definition) is 2. The van der Waals surface area contributed by atoms with Gasteiger partial charge >= 0.3 is 0 Å². The third kappa shape index (κ3) is 11.0. The lowest BCUT2D eigenvalue weighted by Gasteiger charge is -2.34. The monoisotopic (exact) mass is 484 g/mol. The summed E-state index contributed by atoms with van der Waals surface area (Å²) >= 11 is 0. The normalized spacial score (nSPS) is 24.6. The Morgan fingerprint density at radius 1 is 0.571 bits per heavy atom. The number of rotatable bonds is 18. The molecule has 0 saturated heterocycles. The largest absolute Gasteiger partial charge is 0.508 e. The first kappa shape index (κ1) is 29.8. The minimum Gasteiger partial charge on any atom is -0.508 e. The maximum absolute atomic E-state index is 10.7. The van der Waals surface area contributed by atoms with Gasteiger partial charge in [0, 0.05) is 0 Å². The fourth-order valence-corrected chi connectivity index (χ4v) is 5.95. The van der Waals surface area contributed by atoms with E-state index in [4.69, 9.17) is 0 Å². The van der Waals surface area contributed by atoms with E-state index in [1.165, 1.54) is 103 Å². The van der Waals surface area contributed by atoms with Gasteiger partial charge in [-0.15, -0.1) is 0 Å². The smallest absolute Gasteiger partial charge is 0.114 e. The first-order valence-corrected chi connectivity index (χ1v) is 15.0. The van der Waals surface area contributed by atoms with E-state index in [9.17, 15) is 10.2 Å². The fraction of sp³-hybridized carbons (Fsp3) is 0.758. The maximum atomic E-state index is 10.7. The highest BCUT2D eigenvalue weighted by atomic mass is 16.3. The first-order valence-electron chi connectivity index (χ1n) is 15.0. The van der Waals surface area contributed by atoms with Crippen molar-refractivity contribution in [3.05, 3.63) is 47.0 Å². The van der Waals surface area contributed by atoms with Crippen molar-refractivity contribution in [2.75, 3.05) is 0 Å². The summed E-state index contributed by atoms with van der Waals surface area (Å²) in [6.07, 6.45) is 31.8. The zero-order chi connectivity index (χ0) is 25.6. The van der Waals surface area contributed by atoms with E-state index in [0.717, 1.165) is 24.0 Å². The van der Waals surface area contributed by atoms with Gasteiger partial charge in [0.15, 0.2) is 0 Å². The molecule has 2 atom stereocenters. The predicted octanol–water partition coefficient (Wildman–Crippen LogP) is 11.2. The van der Waals surface area contributed by atoms with Crippen LogP contribution in [-0.4, -0.2) is 10.2 Å². The number of aliphatic hydroxyl groups is 2. The van der Waals surface area contributed by atoms with Gasteiger partial charge in [0.1, 0.15) is 11.5 Å². The van der Waals surface area contributed by atoms with Gasteiger partial charge in [0.2, 0.25) is 0 Å². The Morgan fingerprint density at radius 2 is 0.914 bits per heavy atom. The minimum atomic E-state index is 0.118. The van der Waals surface area contributed by atoms with Crippen molar-refractivity contribution in [1.29, 1.82) is 0 Å². The highest BCUT2D eigenvalue weighted by molar-refractivity contribution is 5.36. The van der Waals surface area contributed by atoms with Crippen LogP contribution in [0.5, 0.6) is 0 Å². The molecule has 2 unspecified atom stereocenters. The lowest BCUT2D eigenvalue weighted by molar-refractivity contribution is 0.319. The second-order valence-electron chi connectivity index (χ2n) is 12.2. The van der Waals surface area contributed by atoms with Gasteiger partial charge in [0.05, 0.1) is 0 Å². The van der Waals surface area contributed by atoms with E-state index in [1.807, 2.05) is 12.2 Å². The van der Waals surface area contributed by atoms with E-state index < -0.39 is 0 Å². The van der Waals surface area contributed by atoms with E-state index in [-0.39, 0.29) is 10.8 Å². The standard InChI is InChI=1S/C33H56O2/c1-5-7-9-11-13-15-17-21-32(3)23-19-30(34)28(26-32)25-29-27-33(4,24-20-31(29)35)22-18-16-14-12-10-8-6-2/h19-20,23-24,34-35H,5-18,21-22,25-27H2,1-4H3. The highest BCUT2D eigenvalue weighted by Gasteiger charge is 2.31. The molecule has 2 aliphatic carbocycles. The Hall–Kier alpha value is -1.44. The molecule has 2 aliphatic rings. The number of aliphatic hydroxyl groups excluding tert-OH is 2. The van der Waals surface area contributed by atoms with E-state index in [1.54, 1.807) is 0 Å². The van der Waals surface area contributed by atoms with Crippen LogP contribution in [0.3, 0.4) is 0 Å². The average molecular weight is 485 g/mol. The summed E-state index contributed by atoms with van der Waals surface area (Å²) in [5.41, 5.74) is 2.44.